The molecule has 0 spiro atoms. The van der Waals surface area contributed by atoms with Crippen LogP contribution in [0.1, 0.15) is 59.2 Å². The van der Waals surface area contributed by atoms with E-state index >= 15 is 0 Å². The molecule has 2 fully saturated rings. The van der Waals surface area contributed by atoms with Crippen molar-refractivity contribution in [3.8, 4) is 0 Å². The summed E-state index contributed by atoms with van der Waals surface area (Å²) >= 11 is 1.28. The third-order valence-corrected chi connectivity index (χ3v) is 8.09. The summed E-state index contributed by atoms with van der Waals surface area (Å²) in [5.41, 5.74) is 1.88. The van der Waals surface area contributed by atoms with Gasteiger partial charge in [0.1, 0.15) is 17.7 Å². The van der Waals surface area contributed by atoms with E-state index in [0.717, 1.165) is 36.4 Å². The largest absolute Gasteiger partial charge is 0.322 e. The van der Waals surface area contributed by atoms with Crippen molar-refractivity contribution in [3.63, 3.8) is 0 Å². The average molecular weight is 500 g/mol. The van der Waals surface area contributed by atoms with Crippen LogP contribution in [0.4, 0.5) is 8.78 Å². The van der Waals surface area contributed by atoms with Gasteiger partial charge in [0.2, 0.25) is 11.8 Å². The number of piperidine rings is 2. The molecule has 0 aromatic heterocycles. The molecule has 0 saturated carbocycles. The van der Waals surface area contributed by atoms with Crippen LogP contribution in [0.2, 0.25) is 0 Å². The van der Waals surface area contributed by atoms with Gasteiger partial charge >= 0.3 is 0 Å². The number of nitrogens with one attached hydrogen (secondary N) is 1. The Morgan fingerprint density at radius 3 is 2.49 bits per heavy atom. The van der Waals surface area contributed by atoms with Crippen molar-refractivity contribution in [2.24, 2.45) is 0 Å². The van der Waals surface area contributed by atoms with E-state index < -0.39 is 23.6 Å². The highest BCUT2D eigenvalue weighted by molar-refractivity contribution is 7.98. The lowest BCUT2D eigenvalue weighted by molar-refractivity contribution is -0.136. The Hall–Kier alpha value is -2.78. The summed E-state index contributed by atoms with van der Waals surface area (Å²) in [4.78, 5) is 41.2. The van der Waals surface area contributed by atoms with Gasteiger partial charge in [-0.2, -0.15) is 0 Å². The van der Waals surface area contributed by atoms with E-state index in [1.165, 1.54) is 35.2 Å². The highest BCUT2D eigenvalue weighted by Gasteiger charge is 2.39. The fourth-order valence-corrected chi connectivity index (χ4v) is 6.20. The number of carbonyl (C=O) groups is 3. The van der Waals surface area contributed by atoms with Gasteiger partial charge in [-0.05, 0) is 67.7 Å². The van der Waals surface area contributed by atoms with E-state index in [-0.39, 0.29) is 42.5 Å². The second-order valence-electron chi connectivity index (χ2n) is 9.35. The van der Waals surface area contributed by atoms with Crippen molar-refractivity contribution >= 4 is 29.5 Å². The van der Waals surface area contributed by atoms with Crippen molar-refractivity contribution in [2.75, 3.05) is 13.1 Å². The summed E-state index contributed by atoms with van der Waals surface area (Å²) in [6.45, 7) is 2.68. The Labute approximate surface area is 207 Å². The molecule has 2 aromatic rings. The summed E-state index contributed by atoms with van der Waals surface area (Å²) in [5.74, 6) is -2.10. The van der Waals surface area contributed by atoms with Crippen LogP contribution in [0.25, 0.3) is 0 Å². The Bertz CT molecular complexity index is 1160. The highest BCUT2D eigenvalue weighted by Crippen LogP contribution is 2.36. The molecular weight excluding hydrogens is 472 g/mol. The SMILES string of the molecule is O=C1CCC(N2Cc3c(SCc4c(F)cc(CN5CCCCC5)cc4F)cccc3C2=O)C(=O)N1. The molecular formula is C26H27F2N3O3S. The predicted molar refractivity (Wildman–Crippen MR) is 128 cm³/mol. The maximum Gasteiger partial charge on any atom is 0.255 e. The first kappa shape index (κ1) is 23.9. The Morgan fingerprint density at radius 2 is 1.77 bits per heavy atom. The molecule has 0 radical (unpaired) electrons. The predicted octanol–water partition coefficient (Wildman–Crippen LogP) is 4.00. The number of fused-ring (bicyclic) bond motifs is 1. The molecule has 5 rings (SSSR count). The van der Waals surface area contributed by atoms with Crippen LogP contribution in [0.5, 0.6) is 0 Å². The molecule has 3 aliphatic heterocycles. The lowest BCUT2D eigenvalue weighted by Crippen LogP contribution is -2.52. The van der Waals surface area contributed by atoms with E-state index in [0.29, 0.717) is 17.7 Å². The lowest BCUT2D eigenvalue weighted by atomic mass is 10.0. The molecule has 0 bridgehead atoms. The second kappa shape index (κ2) is 10.1. The first-order chi connectivity index (χ1) is 16.9. The normalized spacial score (nSPS) is 20.8. The monoisotopic (exact) mass is 499 g/mol. The second-order valence-corrected chi connectivity index (χ2v) is 10.4. The Kier molecular flexibility index (Phi) is 6.88. The molecule has 2 saturated heterocycles. The minimum absolute atomic E-state index is 0.0151. The van der Waals surface area contributed by atoms with Crippen molar-refractivity contribution in [1.29, 1.82) is 0 Å². The maximum atomic E-state index is 14.9. The average Bonchev–Trinajstić information content (AvgIpc) is 3.16. The molecule has 1 N–H and O–H groups in total. The van der Waals surface area contributed by atoms with Gasteiger partial charge in [0.05, 0.1) is 0 Å². The van der Waals surface area contributed by atoms with Crippen LogP contribution in [0.15, 0.2) is 35.2 Å². The number of likely N-dealkylation sites (tertiary alicyclic amines) is 1. The van der Waals surface area contributed by atoms with Crippen molar-refractivity contribution in [2.45, 2.75) is 61.9 Å². The van der Waals surface area contributed by atoms with Crippen molar-refractivity contribution < 1.29 is 23.2 Å². The molecule has 1 unspecified atom stereocenters. The summed E-state index contributed by atoms with van der Waals surface area (Å²) in [7, 11) is 0. The number of halogens is 2. The van der Waals surface area contributed by atoms with Crippen molar-refractivity contribution in [3.05, 3.63) is 64.2 Å². The summed E-state index contributed by atoms with van der Waals surface area (Å²) in [5, 5.41) is 2.29. The molecule has 0 aliphatic carbocycles. The van der Waals surface area contributed by atoms with E-state index in [1.54, 1.807) is 12.1 Å². The minimum Gasteiger partial charge on any atom is -0.322 e. The van der Waals surface area contributed by atoms with Gasteiger partial charge in [-0.1, -0.05) is 12.5 Å². The molecule has 6 nitrogen and oxygen atoms in total. The van der Waals surface area contributed by atoms with Crippen LogP contribution < -0.4 is 5.32 Å². The summed E-state index contributed by atoms with van der Waals surface area (Å²) < 4.78 is 29.8. The number of thioether (sulfide) groups is 1. The van der Waals surface area contributed by atoms with Crippen LogP contribution in [0.3, 0.4) is 0 Å². The minimum atomic E-state index is -0.701. The fourth-order valence-electron chi connectivity index (χ4n) is 5.10. The number of carbonyl (C=O) groups excluding carboxylic acids is 3. The number of rotatable bonds is 6. The maximum absolute atomic E-state index is 14.9. The van der Waals surface area contributed by atoms with E-state index in [4.69, 9.17) is 0 Å². The third kappa shape index (κ3) is 4.97. The van der Waals surface area contributed by atoms with E-state index in [1.807, 2.05) is 6.07 Å². The molecule has 1 atom stereocenters. The molecule has 9 heteroatoms. The lowest BCUT2D eigenvalue weighted by Gasteiger charge is -2.29. The highest BCUT2D eigenvalue weighted by atomic mass is 32.2. The first-order valence-corrected chi connectivity index (χ1v) is 13.0. The molecule has 2 aromatic carbocycles. The molecule has 3 amide bonds. The summed E-state index contributed by atoms with van der Waals surface area (Å²) in [6.07, 6.45) is 3.90. The smallest absolute Gasteiger partial charge is 0.255 e. The first-order valence-electron chi connectivity index (χ1n) is 12.0. The van der Waals surface area contributed by atoms with Crippen LogP contribution in [0, 0.1) is 11.6 Å². The molecule has 3 aliphatic rings. The quantitative estimate of drug-likeness (QED) is 0.481. The number of imide groups is 1. The molecule has 35 heavy (non-hydrogen) atoms. The number of nitrogens with zero attached hydrogens (tertiary/aromatic N) is 2. The van der Waals surface area contributed by atoms with Gasteiger partial charge in [0.25, 0.3) is 5.91 Å². The molecule has 3 heterocycles. The van der Waals surface area contributed by atoms with Gasteiger partial charge in [-0.15, -0.1) is 11.8 Å². The number of hydrogen-bond donors (Lipinski definition) is 1. The number of hydrogen-bond acceptors (Lipinski definition) is 5. The number of amides is 3. The van der Waals surface area contributed by atoms with Gasteiger partial charge in [0.15, 0.2) is 0 Å². The van der Waals surface area contributed by atoms with Crippen molar-refractivity contribution in [1.82, 2.24) is 15.1 Å². The fraction of sp³-hybridized carbons (Fsp3) is 0.423. The van der Waals surface area contributed by atoms with E-state index in [2.05, 4.69) is 10.2 Å². The standard InChI is InChI=1S/C26H27F2N3O3S/c27-20-11-16(13-30-9-2-1-3-10-30)12-21(28)19(20)15-35-23-6-4-5-17-18(23)14-31(26(17)34)22-7-8-24(32)29-25(22)33/h4-6,11-12,22H,1-3,7-10,13-15H2,(H,29,32,33). The van der Waals surface area contributed by atoms with Crippen LogP contribution in [-0.4, -0.2) is 46.7 Å². The Balaban J connectivity index is 1.29. The van der Waals surface area contributed by atoms with Crippen LogP contribution >= 0.6 is 11.8 Å². The topological polar surface area (TPSA) is 69.7 Å². The van der Waals surface area contributed by atoms with Crippen LogP contribution in [-0.2, 0) is 28.4 Å². The third-order valence-electron chi connectivity index (χ3n) is 6.97. The van der Waals surface area contributed by atoms with Gasteiger partial charge < -0.3 is 4.90 Å². The van der Waals surface area contributed by atoms with E-state index in [9.17, 15) is 23.2 Å². The van der Waals surface area contributed by atoms with Gasteiger partial charge in [0, 0.05) is 41.3 Å². The zero-order valence-electron chi connectivity index (χ0n) is 19.3. The zero-order valence-corrected chi connectivity index (χ0v) is 20.1. The van der Waals surface area contributed by atoms with Gasteiger partial charge in [-0.25, -0.2) is 8.78 Å². The Morgan fingerprint density at radius 1 is 1.03 bits per heavy atom. The number of benzene rings is 2. The molecule has 184 valence electrons. The summed E-state index contributed by atoms with van der Waals surface area (Å²) in [6, 6.07) is 7.42. The van der Waals surface area contributed by atoms with Gasteiger partial charge in [-0.3, -0.25) is 24.6 Å². The zero-order chi connectivity index (χ0) is 24.5.